The zero-order chi connectivity index (χ0) is 7.56. The van der Waals surface area contributed by atoms with Crippen molar-refractivity contribution in [1.82, 2.24) is 0 Å². The van der Waals surface area contributed by atoms with Gasteiger partial charge in [0.2, 0.25) is 0 Å². The van der Waals surface area contributed by atoms with E-state index < -0.39 is 0 Å². The van der Waals surface area contributed by atoms with Crippen LogP contribution in [0.3, 0.4) is 0 Å². The van der Waals surface area contributed by atoms with Gasteiger partial charge in [-0.1, -0.05) is 13.8 Å². The van der Waals surface area contributed by atoms with E-state index in [2.05, 4.69) is 13.8 Å². The van der Waals surface area contributed by atoms with Crippen LogP contribution in [0.5, 0.6) is 0 Å². The molecule has 0 unspecified atom stereocenters. The summed E-state index contributed by atoms with van der Waals surface area (Å²) in [6.07, 6.45) is 4.14. The molecule has 1 fully saturated rings. The molecule has 1 nitrogen and oxygen atoms in total. The highest BCUT2D eigenvalue weighted by atomic mass is 14.6. The predicted octanol–water partition coefficient (Wildman–Crippen LogP) is 2.02. The maximum atomic E-state index is 5.63. The van der Waals surface area contributed by atoms with E-state index in [0.29, 0.717) is 0 Å². The van der Waals surface area contributed by atoms with Crippen LogP contribution in [-0.4, -0.2) is 6.54 Å². The molecule has 0 bridgehead atoms. The second-order valence-electron chi connectivity index (χ2n) is 4.02. The average Bonchev–Trinajstić information content (AvgIpc) is 1.85. The first kappa shape index (κ1) is 8.06. The fourth-order valence-electron chi connectivity index (χ4n) is 2.31. The van der Waals surface area contributed by atoms with Crippen LogP contribution in [0.4, 0.5) is 0 Å². The molecule has 10 heavy (non-hydrogen) atoms. The maximum absolute atomic E-state index is 5.63. The first-order valence-electron chi connectivity index (χ1n) is 4.42. The molecular weight excluding hydrogens is 122 g/mol. The first-order valence-corrected chi connectivity index (χ1v) is 4.42. The third kappa shape index (κ3) is 1.98. The Hall–Kier alpha value is -0.0400. The van der Waals surface area contributed by atoms with E-state index in [-0.39, 0.29) is 0 Å². The summed E-state index contributed by atoms with van der Waals surface area (Å²) in [4.78, 5) is 0. The van der Waals surface area contributed by atoms with Crippen LogP contribution in [0.15, 0.2) is 0 Å². The van der Waals surface area contributed by atoms with Crippen molar-refractivity contribution in [2.75, 3.05) is 6.54 Å². The topological polar surface area (TPSA) is 26.0 Å². The summed E-state index contributed by atoms with van der Waals surface area (Å²) in [5.74, 6) is 2.65. The van der Waals surface area contributed by atoms with E-state index in [1.807, 2.05) is 0 Å². The Morgan fingerprint density at radius 2 is 1.60 bits per heavy atom. The minimum Gasteiger partial charge on any atom is -0.330 e. The lowest BCUT2D eigenvalue weighted by molar-refractivity contribution is 0.224. The Labute approximate surface area is 64.0 Å². The molecule has 0 radical (unpaired) electrons. The van der Waals surface area contributed by atoms with Gasteiger partial charge in [0.05, 0.1) is 0 Å². The molecule has 0 aliphatic heterocycles. The van der Waals surface area contributed by atoms with Gasteiger partial charge in [-0.25, -0.2) is 0 Å². The third-order valence-corrected chi connectivity index (χ3v) is 2.61. The number of nitrogens with two attached hydrogens (primary N) is 1. The van der Waals surface area contributed by atoms with Gasteiger partial charge in [0, 0.05) is 0 Å². The molecule has 1 aliphatic carbocycles. The summed E-state index contributed by atoms with van der Waals surface area (Å²) < 4.78 is 0. The van der Waals surface area contributed by atoms with E-state index in [1.165, 1.54) is 19.3 Å². The maximum Gasteiger partial charge on any atom is -0.00487 e. The van der Waals surface area contributed by atoms with Gasteiger partial charge in [-0.15, -0.1) is 0 Å². The van der Waals surface area contributed by atoms with Crippen molar-refractivity contribution >= 4 is 0 Å². The van der Waals surface area contributed by atoms with Gasteiger partial charge < -0.3 is 5.73 Å². The third-order valence-electron chi connectivity index (χ3n) is 2.61. The highest BCUT2D eigenvalue weighted by Gasteiger charge is 2.22. The molecule has 0 saturated heterocycles. The highest BCUT2D eigenvalue weighted by Crippen LogP contribution is 2.31. The van der Waals surface area contributed by atoms with E-state index >= 15 is 0 Å². The van der Waals surface area contributed by atoms with Crippen LogP contribution in [0, 0.1) is 17.8 Å². The SMILES string of the molecule is C[C@@H]1CC(CN)C[C@@H](C)C1. The van der Waals surface area contributed by atoms with E-state index in [4.69, 9.17) is 5.73 Å². The van der Waals surface area contributed by atoms with Crippen molar-refractivity contribution in [1.29, 1.82) is 0 Å². The van der Waals surface area contributed by atoms with E-state index in [0.717, 1.165) is 24.3 Å². The molecular formula is C9H19N. The minimum atomic E-state index is 0.818. The van der Waals surface area contributed by atoms with Crippen molar-refractivity contribution in [2.24, 2.45) is 23.5 Å². The van der Waals surface area contributed by atoms with Crippen molar-refractivity contribution in [3.8, 4) is 0 Å². The summed E-state index contributed by atoms with van der Waals surface area (Å²) >= 11 is 0. The molecule has 0 amide bonds. The summed E-state index contributed by atoms with van der Waals surface area (Å²) in [6.45, 7) is 5.59. The molecule has 0 aromatic carbocycles. The van der Waals surface area contributed by atoms with E-state index in [1.54, 1.807) is 0 Å². The highest BCUT2D eigenvalue weighted by molar-refractivity contribution is 4.74. The van der Waals surface area contributed by atoms with Crippen LogP contribution < -0.4 is 5.73 Å². The minimum absolute atomic E-state index is 0.818. The first-order chi connectivity index (χ1) is 4.72. The van der Waals surface area contributed by atoms with Gasteiger partial charge in [-0.2, -0.15) is 0 Å². The number of hydrogen-bond donors (Lipinski definition) is 1. The molecule has 1 saturated carbocycles. The molecule has 0 aromatic rings. The zero-order valence-corrected chi connectivity index (χ0v) is 7.14. The van der Waals surface area contributed by atoms with Crippen LogP contribution in [0.1, 0.15) is 33.1 Å². The second-order valence-corrected chi connectivity index (χ2v) is 4.02. The molecule has 0 aromatic heterocycles. The largest absolute Gasteiger partial charge is 0.330 e. The Morgan fingerprint density at radius 1 is 1.10 bits per heavy atom. The molecule has 1 aliphatic rings. The van der Waals surface area contributed by atoms with Gasteiger partial charge >= 0.3 is 0 Å². The van der Waals surface area contributed by atoms with Gasteiger partial charge in [-0.05, 0) is 43.6 Å². The molecule has 60 valence electrons. The average molecular weight is 141 g/mol. The van der Waals surface area contributed by atoms with Gasteiger partial charge in [-0.3, -0.25) is 0 Å². The van der Waals surface area contributed by atoms with Crippen molar-refractivity contribution in [2.45, 2.75) is 33.1 Å². The van der Waals surface area contributed by atoms with Gasteiger partial charge in [0.1, 0.15) is 0 Å². The Bertz CT molecular complexity index is 90.9. The Balaban J connectivity index is 2.35. The van der Waals surface area contributed by atoms with Crippen molar-refractivity contribution in [3.05, 3.63) is 0 Å². The van der Waals surface area contributed by atoms with Crippen LogP contribution in [-0.2, 0) is 0 Å². The lowest BCUT2D eigenvalue weighted by atomic mass is 9.77. The smallest absolute Gasteiger partial charge is 0.00487 e. The number of hydrogen-bond acceptors (Lipinski definition) is 1. The molecule has 2 N–H and O–H groups in total. The van der Waals surface area contributed by atoms with E-state index in [9.17, 15) is 0 Å². The summed E-state index contributed by atoms with van der Waals surface area (Å²) in [5, 5.41) is 0. The molecule has 1 heteroatoms. The van der Waals surface area contributed by atoms with Gasteiger partial charge in [0.25, 0.3) is 0 Å². The normalized spacial score (nSPS) is 41.7. The summed E-state index contributed by atoms with van der Waals surface area (Å²) in [7, 11) is 0. The predicted molar refractivity (Wildman–Crippen MR) is 44.7 cm³/mol. The van der Waals surface area contributed by atoms with Crippen LogP contribution >= 0.6 is 0 Å². The van der Waals surface area contributed by atoms with Crippen LogP contribution in [0.25, 0.3) is 0 Å². The van der Waals surface area contributed by atoms with Crippen molar-refractivity contribution < 1.29 is 0 Å². The molecule has 0 spiro atoms. The molecule has 0 heterocycles. The Kier molecular flexibility index (Phi) is 2.72. The van der Waals surface area contributed by atoms with Crippen LogP contribution in [0.2, 0.25) is 0 Å². The van der Waals surface area contributed by atoms with Gasteiger partial charge in [0.15, 0.2) is 0 Å². The molecule has 1 rings (SSSR count). The standard InChI is InChI=1S/C9H19N/c1-7-3-8(2)5-9(4-7)6-10/h7-9H,3-6,10H2,1-2H3/t7-,8-/m0/s1. The fourth-order valence-corrected chi connectivity index (χ4v) is 2.31. The fraction of sp³-hybridized carbons (Fsp3) is 1.00. The zero-order valence-electron chi connectivity index (χ0n) is 7.14. The summed E-state index contributed by atoms with van der Waals surface area (Å²) in [6, 6.07) is 0. The Morgan fingerprint density at radius 3 is 2.00 bits per heavy atom. The molecule has 2 atom stereocenters. The number of rotatable bonds is 1. The van der Waals surface area contributed by atoms with Crippen molar-refractivity contribution in [3.63, 3.8) is 0 Å². The monoisotopic (exact) mass is 141 g/mol. The summed E-state index contributed by atoms with van der Waals surface area (Å²) in [5.41, 5.74) is 5.63. The lowest BCUT2D eigenvalue weighted by Crippen LogP contribution is -2.25. The quantitative estimate of drug-likeness (QED) is 0.594. The second kappa shape index (κ2) is 3.38. The lowest BCUT2D eigenvalue weighted by Gasteiger charge is -2.30.